The molecule has 0 spiro atoms. The van der Waals surface area contributed by atoms with E-state index in [1.165, 1.54) is 7.11 Å². The lowest BCUT2D eigenvalue weighted by Crippen LogP contribution is -2.31. The van der Waals surface area contributed by atoms with Crippen LogP contribution in [-0.2, 0) is 9.53 Å². The fourth-order valence-corrected chi connectivity index (χ4v) is 4.40. The molecular weight excluding hydrogens is 373 g/mol. The highest BCUT2D eigenvalue weighted by Crippen LogP contribution is 2.43. The molecule has 0 aliphatic carbocycles. The fraction of sp³-hybridized carbons (Fsp3) is 0.375. The molecule has 0 bridgehead atoms. The molecule has 1 aromatic carbocycles. The summed E-state index contributed by atoms with van der Waals surface area (Å²) in [6.45, 7) is 1.16. The van der Waals surface area contributed by atoms with Gasteiger partial charge in [0.1, 0.15) is 15.6 Å². The predicted octanol–water partition coefficient (Wildman–Crippen LogP) is 4.00. The molecule has 1 amide bonds. The third-order valence-electron chi connectivity index (χ3n) is 3.89. The number of likely N-dealkylation sites (tertiary alicyclic amines) is 1. The van der Waals surface area contributed by atoms with Gasteiger partial charge >= 0.3 is 5.97 Å². The first kappa shape index (κ1) is 17.3. The number of fused-ring (bicyclic) bond motifs is 1. The van der Waals surface area contributed by atoms with Crippen molar-refractivity contribution in [1.82, 2.24) is 4.90 Å². The maximum Gasteiger partial charge on any atom is 0.350 e. The van der Waals surface area contributed by atoms with E-state index in [9.17, 15) is 9.59 Å². The van der Waals surface area contributed by atoms with Crippen LogP contribution in [0.3, 0.4) is 0 Å². The topological polar surface area (TPSA) is 55.8 Å². The number of carbonyl (C=O) groups is 2. The van der Waals surface area contributed by atoms with Crippen molar-refractivity contribution in [2.24, 2.45) is 0 Å². The lowest BCUT2D eigenvalue weighted by Gasteiger charge is -2.14. The molecule has 1 aliphatic heterocycles. The van der Waals surface area contributed by atoms with Gasteiger partial charge in [0.15, 0.2) is 6.61 Å². The van der Waals surface area contributed by atoms with Crippen LogP contribution in [0, 0.1) is 0 Å². The molecule has 0 atom stereocenters. The number of hydrogen-bond donors (Lipinski definition) is 0. The number of carbonyl (C=O) groups excluding carboxylic acids is 2. The van der Waals surface area contributed by atoms with E-state index in [2.05, 4.69) is 0 Å². The van der Waals surface area contributed by atoms with Gasteiger partial charge in [-0.1, -0.05) is 23.2 Å². The molecule has 3 rings (SSSR count). The molecule has 128 valence electrons. The Morgan fingerprint density at radius 1 is 1.21 bits per heavy atom. The average molecular weight is 388 g/mol. The van der Waals surface area contributed by atoms with Crippen molar-refractivity contribution < 1.29 is 19.1 Å². The largest absolute Gasteiger partial charge is 0.495 e. The van der Waals surface area contributed by atoms with Gasteiger partial charge in [-0.2, -0.15) is 0 Å². The highest BCUT2D eigenvalue weighted by Gasteiger charge is 2.24. The summed E-state index contributed by atoms with van der Waals surface area (Å²) in [5.41, 5.74) is 0. The van der Waals surface area contributed by atoms with Crippen LogP contribution >= 0.6 is 34.5 Å². The zero-order chi connectivity index (χ0) is 17.3. The molecule has 5 nitrogen and oxygen atoms in total. The maximum atomic E-state index is 12.3. The summed E-state index contributed by atoms with van der Waals surface area (Å²) in [6, 6.07) is 3.43. The van der Waals surface area contributed by atoms with Crippen molar-refractivity contribution in [1.29, 1.82) is 0 Å². The zero-order valence-corrected chi connectivity index (χ0v) is 15.3. The number of thiophene rings is 1. The van der Waals surface area contributed by atoms with E-state index in [1.54, 1.807) is 17.0 Å². The minimum Gasteiger partial charge on any atom is -0.495 e. The molecule has 0 unspecified atom stereocenters. The van der Waals surface area contributed by atoms with Crippen LogP contribution in [0.5, 0.6) is 5.75 Å². The van der Waals surface area contributed by atoms with Gasteiger partial charge < -0.3 is 14.4 Å². The van der Waals surface area contributed by atoms with Gasteiger partial charge in [-0.25, -0.2) is 4.79 Å². The van der Waals surface area contributed by atoms with Gasteiger partial charge in [0.05, 0.1) is 16.8 Å². The Labute approximate surface area is 153 Å². The molecule has 1 aliphatic rings. The number of hydrogen-bond acceptors (Lipinski definition) is 5. The van der Waals surface area contributed by atoms with E-state index >= 15 is 0 Å². The van der Waals surface area contributed by atoms with Crippen molar-refractivity contribution in [3.8, 4) is 5.75 Å². The molecule has 1 aromatic heterocycles. The second kappa shape index (κ2) is 7.17. The number of nitrogens with zero attached hydrogens (tertiary/aromatic N) is 1. The standard InChI is InChI=1S/C16H15Cl2NO4S/c1-22-10-5-4-9-12(17)15(24-14(9)13(10)18)16(21)23-8-11(20)19-6-2-3-7-19/h4-5H,2-3,6-8H2,1H3. The Kier molecular flexibility index (Phi) is 5.18. The molecule has 2 aromatic rings. The van der Waals surface area contributed by atoms with E-state index in [-0.39, 0.29) is 22.4 Å². The Morgan fingerprint density at radius 3 is 2.58 bits per heavy atom. The van der Waals surface area contributed by atoms with E-state index < -0.39 is 5.97 Å². The third-order valence-corrected chi connectivity index (χ3v) is 6.09. The molecule has 0 N–H and O–H groups in total. The van der Waals surface area contributed by atoms with Gasteiger partial charge in [0, 0.05) is 18.5 Å². The first-order chi connectivity index (χ1) is 11.5. The maximum absolute atomic E-state index is 12.3. The lowest BCUT2D eigenvalue weighted by molar-refractivity contribution is -0.133. The van der Waals surface area contributed by atoms with Crippen molar-refractivity contribution >= 4 is 56.5 Å². The summed E-state index contributed by atoms with van der Waals surface area (Å²) in [7, 11) is 1.52. The van der Waals surface area contributed by atoms with Crippen LogP contribution in [0.4, 0.5) is 0 Å². The van der Waals surface area contributed by atoms with Crippen molar-refractivity contribution in [2.45, 2.75) is 12.8 Å². The lowest BCUT2D eigenvalue weighted by atomic mass is 10.2. The summed E-state index contributed by atoms with van der Waals surface area (Å²) < 4.78 is 10.9. The van der Waals surface area contributed by atoms with E-state index in [1.807, 2.05) is 0 Å². The van der Waals surface area contributed by atoms with Gasteiger partial charge in [-0.3, -0.25) is 4.79 Å². The van der Waals surface area contributed by atoms with Crippen LogP contribution in [0.1, 0.15) is 22.5 Å². The van der Waals surface area contributed by atoms with Crippen LogP contribution in [0.2, 0.25) is 10.0 Å². The molecule has 8 heteroatoms. The molecule has 2 heterocycles. The number of amides is 1. The smallest absolute Gasteiger partial charge is 0.350 e. The van der Waals surface area contributed by atoms with E-state index in [0.29, 0.717) is 20.9 Å². The molecule has 0 radical (unpaired) electrons. The summed E-state index contributed by atoms with van der Waals surface area (Å²) in [4.78, 5) is 26.2. The molecule has 1 saturated heterocycles. The van der Waals surface area contributed by atoms with Crippen molar-refractivity contribution in [3.63, 3.8) is 0 Å². The van der Waals surface area contributed by atoms with Gasteiger partial charge in [-0.05, 0) is 25.0 Å². The second-order valence-corrected chi connectivity index (χ2v) is 7.14. The van der Waals surface area contributed by atoms with Crippen molar-refractivity contribution in [2.75, 3.05) is 26.8 Å². The minimum absolute atomic E-state index is 0.183. The first-order valence-electron chi connectivity index (χ1n) is 7.42. The number of esters is 1. The summed E-state index contributed by atoms with van der Waals surface area (Å²) in [5, 5.41) is 1.33. The molecule has 0 saturated carbocycles. The van der Waals surface area contributed by atoms with Gasteiger partial charge in [-0.15, -0.1) is 11.3 Å². The van der Waals surface area contributed by atoms with Crippen molar-refractivity contribution in [3.05, 3.63) is 27.1 Å². The molecular formula is C16H15Cl2NO4S. The zero-order valence-electron chi connectivity index (χ0n) is 12.9. The van der Waals surface area contributed by atoms with Crippen LogP contribution < -0.4 is 4.74 Å². The number of ether oxygens (including phenoxy) is 2. The Bertz CT molecular complexity index is 799. The van der Waals surface area contributed by atoms with Crippen LogP contribution in [-0.4, -0.2) is 43.6 Å². The van der Waals surface area contributed by atoms with Gasteiger partial charge in [0.2, 0.25) is 0 Å². The number of benzene rings is 1. The summed E-state index contributed by atoms with van der Waals surface area (Å²) in [6.07, 6.45) is 1.98. The van der Waals surface area contributed by atoms with Crippen LogP contribution in [0.15, 0.2) is 12.1 Å². The Morgan fingerprint density at radius 2 is 1.92 bits per heavy atom. The number of methoxy groups -OCH3 is 1. The Hall–Kier alpha value is -1.50. The monoisotopic (exact) mass is 387 g/mol. The first-order valence-corrected chi connectivity index (χ1v) is 8.99. The molecule has 1 fully saturated rings. The SMILES string of the molecule is COc1ccc2c(Cl)c(C(=O)OCC(=O)N3CCCC3)sc2c1Cl. The van der Waals surface area contributed by atoms with Crippen LogP contribution in [0.25, 0.3) is 10.1 Å². The number of rotatable bonds is 4. The predicted molar refractivity (Wildman–Crippen MR) is 94.5 cm³/mol. The van der Waals surface area contributed by atoms with E-state index in [0.717, 1.165) is 37.3 Å². The second-order valence-electron chi connectivity index (χ2n) is 5.37. The molecule has 24 heavy (non-hydrogen) atoms. The third kappa shape index (κ3) is 3.18. The highest BCUT2D eigenvalue weighted by molar-refractivity contribution is 7.22. The fourth-order valence-electron chi connectivity index (χ4n) is 2.62. The Balaban J connectivity index is 1.78. The summed E-state index contributed by atoms with van der Waals surface area (Å²) in [5.74, 6) is -0.298. The highest BCUT2D eigenvalue weighted by atomic mass is 35.5. The summed E-state index contributed by atoms with van der Waals surface area (Å²) >= 11 is 13.7. The minimum atomic E-state index is -0.621. The quantitative estimate of drug-likeness (QED) is 0.744. The van der Waals surface area contributed by atoms with Gasteiger partial charge in [0.25, 0.3) is 5.91 Å². The number of halogens is 2. The normalized spacial score (nSPS) is 14.2. The van der Waals surface area contributed by atoms with E-state index in [4.69, 9.17) is 32.7 Å². The average Bonchev–Trinajstić information content (AvgIpc) is 3.22.